The minimum absolute atomic E-state index is 0.0561. The summed E-state index contributed by atoms with van der Waals surface area (Å²) in [6.45, 7) is 41.7. The lowest BCUT2D eigenvalue weighted by molar-refractivity contribution is -0.207. The number of carbonyl (C=O) groups excluding carboxylic acids is 7. The van der Waals surface area contributed by atoms with Crippen LogP contribution in [0.25, 0.3) is 0 Å². The quantitative estimate of drug-likeness (QED) is 0.0428. The van der Waals surface area contributed by atoms with E-state index in [4.69, 9.17) is 42.6 Å². The first kappa shape index (κ1) is 104. The molecule has 11 aliphatic carbocycles. The van der Waals surface area contributed by atoms with E-state index in [0.717, 1.165) is 244 Å². The second-order valence-corrected chi connectivity index (χ2v) is 42.1. The van der Waals surface area contributed by atoms with Gasteiger partial charge < -0.3 is 42.6 Å². The van der Waals surface area contributed by atoms with E-state index in [9.17, 15) is 33.6 Å². The van der Waals surface area contributed by atoms with Gasteiger partial charge in [0.05, 0.1) is 42.1 Å². The van der Waals surface area contributed by atoms with Crippen molar-refractivity contribution in [2.24, 2.45) is 100 Å². The Kier molecular flexibility index (Phi) is 41.8. The van der Waals surface area contributed by atoms with Crippen LogP contribution in [0.15, 0.2) is 0 Å². The maximum Gasteiger partial charge on any atom is 0.312 e. The Hall–Kier alpha value is -3.79. The number of esters is 7. The molecule has 12 rings (SSSR count). The first-order valence-corrected chi connectivity index (χ1v) is 52.3. The van der Waals surface area contributed by atoms with E-state index >= 15 is 0 Å². The third kappa shape index (κ3) is 27.0. The first-order valence-electron chi connectivity index (χ1n) is 52.3. The molecule has 1 saturated heterocycles. The summed E-state index contributed by atoms with van der Waals surface area (Å²) in [6, 6.07) is 0. The lowest BCUT2D eigenvalue weighted by atomic mass is 9.78. The summed E-state index contributed by atoms with van der Waals surface area (Å²) in [6.07, 6.45) is 55.0. The van der Waals surface area contributed by atoms with Crippen LogP contribution in [-0.4, -0.2) is 100 Å². The van der Waals surface area contributed by atoms with Crippen LogP contribution in [0.2, 0.25) is 0 Å². The highest BCUT2D eigenvalue weighted by Crippen LogP contribution is 2.55. The van der Waals surface area contributed by atoms with Gasteiger partial charge in [0.15, 0.2) is 6.29 Å². The van der Waals surface area contributed by atoms with E-state index < -0.39 is 0 Å². The Morgan fingerprint density at radius 2 is 0.680 bits per heavy atom. The van der Waals surface area contributed by atoms with Crippen molar-refractivity contribution in [1.29, 1.82) is 0 Å². The zero-order valence-electron chi connectivity index (χ0n) is 81.7. The van der Waals surface area contributed by atoms with Crippen molar-refractivity contribution >= 4 is 41.8 Å². The monoisotopic (exact) mass is 1710 g/mol. The predicted octanol–water partition coefficient (Wildman–Crippen LogP) is 27.3. The van der Waals surface area contributed by atoms with E-state index in [1.165, 1.54) is 103 Å². The van der Waals surface area contributed by atoms with E-state index in [2.05, 4.69) is 125 Å². The van der Waals surface area contributed by atoms with Crippen LogP contribution in [0.1, 0.15) is 472 Å². The largest absolute Gasteiger partial charge is 0.462 e. The fourth-order valence-corrected chi connectivity index (χ4v) is 26.5. The Morgan fingerprint density at radius 3 is 1.02 bits per heavy atom. The summed E-state index contributed by atoms with van der Waals surface area (Å²) >= 11 is 0. The number of hydrogen-bond acceptors (Lipinski definition) is 16. The van der Waals surface area contributed by atoms with Gasteiger partial charge in [0, 0.05) is 13.5 Å². The first-order chi connectivity index (χ1) is 58.5. The van der Waals surface area contributed by atoms with Crippen LogP contribution in [0.5, 0.6) is 0 Å². The summed E-state index contributed by atoms with van der Waals surface area (Å²) in [5, 5.41) is 0. The van der Waals surface area contributed by atoms with Crippen LogP contribution >= 0.6 is 0 Å². The lowest BCUT2D eigenvalue weighted by Gasteiger charge is -2.35. The number of carbonyl (C=O) groups is 7. The molecule has 0 aromatic carbocycles. The minimum Gasteiger partial charge on any atom is -0.462 e. The van der Waals surface area contributed by atoms with Crippen molar-refractivity contribution in [3.05, 3.63) is 0 Å². The highest BCUT2D eigenvalue weighted by Gasteiger charge is 2.56. The SMILES string of the molecule is CCC1CC(CC)C(C(=O)OC2(CC)CCCC2)C1C.CCC1CC(CC)C(C(=O)OC2(CC)CCCC2)C1C(=O)OC1(CC)CCCC1.CCC1CC(CC)C(C(CC(=O)OC2(CC)CCCC2)OC(C)=O)C1.CCC1CC(CC)C(C(CC(=O)OC2(CC)CCCC2)OC2CCCCO2)C1.CCC1CC(CC)C(C)(C(=O)OC2(CC)CCCC2)C1. The average Bonchev–Trinajstić information content (AvgIpc) is 1.63. The van der Waals surface area contributed by atoms with Crippen LogP contribution in [-0.2, 0) is 76.2 Å². The van der Waals surface area contributed by atoms with Gasteiger partial charge in [0.2, 0.25) is 0 Å². The van der Waals surface area contributed by atoms with Gasteiger partial charge in [0.1, 0.15) is 39.7 Å². The molecule has 0 radical (unpaired) electrons. The number of rotatable bonds is 35. The fraction of sp³-hybridized carbons (Fsp3) is 0.934. The molecule has 20 atom stereocenters. The molecule has 704 valence electrons. The van der Waals surface area contributed by atoms with Crippen LogP contribution < -0.4 is 0 Å². The smallest absolute Gasteiger partial charge is 0.312 e. The second-order valence-electron chi connectivity index (χ2n) is 42.1. The molecule has 0 aromatic heterocycles. The van der Waals surface area contributed by atoms with Crippen LogP contribution in [0.4, 0.5) is 0 Å². The zero-order valence-corrected chi connectivity index (χ0v) is 81.7. The predicted molar refractivity (Wildman–Crippen MR) is 488 cm³/mol. The average molecular weight is 1710 g/mol. The maximum absolute atomic E-state index is 13.5. The van der Waals surface area contributed by atoms with Gasteiger partial charge in [-0.2, -0.15) is 0 Å². The van der Waals surface area contributed by atoms with E-state index in [1.54, 1.807) is 0 Å². The maximum atomic E-state index is 13.5. The van der Waals surface area contributed by atoms with Crippen molar-refractivity contribution in [2.75, 3.05) is 6.61 Å². The van der Waals surface area contributed by atoms with E-state index in [0.29, 0.717) is 59.7 Å². The second kappa shape index (κ2) is 49.3. The molecule has 122 heavy (non-hydrogen) atoms. The van der Waals surface area contributed by atoms with Crippen molar-refractivity contribution in [1.82, 2.24) is 0 Å². The molecule has 0 amide bonds. The lowest BCUT2D eigenvalue weighted by Crippen LogP contribution is -2.42. The Labute approximate surface area is 744 Å². The third-order valence-electron chi connectivity index (χ3n) is 35.4. The summed E-state index contributed by atoms with van der Waals surface area (Å²) < 4.78 is 54.6. The van der Waals surface area contributed by atoms with Crippen molar-refractivity contribution in [3.8, 4) is 0 Å². The summed E-state index contributed by atoms with van der Waals surface area (Å²) in [5.74, 6) is 5.67. The standard InChI is InChI=1S/C25H42O4.C24H42O4.C21H36O4.2C18H32O2/c1-5-18-17-19(6-2)21(23(27)29-25(8-4)15-11-12-16-25)20(18)22(26)28-24(7-3)13-9-10-14-24;1-4-18-15-19(5-2)20(16-18)21(27-23-11-7-10-14-26-23)17-22(25)28-24(6-3)12-8-9-13-24;1-5-16-12-17(6-2)18(13-16)19(24-15(4)22)14-20(23)25-21(7-3)10-8-9-11-21;1-5-14-12-15(6-2)17(4,13-14)16(19)20-18(7-3)10-8-9-11-18;1-5-14-12-15(6-2)16(13(14)4)17(19)20-18(7-3)10-8-9-11-18/h18-21H,5-17H2,1-4H3;18-21,23H,4-17H2,1-3H3;16-19H,5-14H2,1-4H3;14-15H,5-13H2,1-4H3;13-16H,5-12H2,1-4H3. The summed E-state index contributed by atoms with van der Waals surface area (Å²) in [4.78, 5) is 89.9. The molecule has 1 heterocycles. The van der Waals surface area contributed by atoms with Gasteiger partial charge in [0.25, 0.3) is 0 Å². The molecule has 0 N–H and O–H groups in total. The molecule has 16 heteroatoms. The van der Waals surface area contributed by atoms with Gasteiger partial charge in [-0.15, -0.1) is 0 Å². The number of hydrogen-bond donors (Lipinski definition) is 0. The Balaban J connectivity index is 0.000000191. The van der Waals surface area contributed by atoms with Gasteiger partial charge in [-0.25, -0.2) is 0 Å². The molecular formula is C106H184O16. The molecule has 11 saturated carbocycles. The molecular weight excluding hydrogens is 1530 g/mol. The third-order valence-corrected chi connectivity index (χ3v) is 35.4. The molecule has 1 aliphatic heterocycles. The van der Waals surface area contributed by atoms with E-state index in [-0.39, 0.29) is 141 Å². The van der Waals surface area contributed by atoms with Gasteiger partial charge >= 0.3 is 41.8 Å². The zero-order chi connectivity index (χ0) is 89.1. The normalized spacial score (nSPS) is 33.5. The highest BCUT2D eigenvalue weighted by molar-refractivity contribution is 5.84. The summed E-state index contributed by atoms with van der Waals surface area (Å²) in [5.41, 5.74) is -1.59. The van der Waals surface area contributed by atoms with Gasteiger partial charge in [-0.3, -0.25) is 33.6 Å². The number of ether oxygens (including phenoxy) is 9. The Bertz CT molecular complexity index is 3060. The molecule has 0 bridgehead atoms. The van der Waals surface area contributed by atoms with Crippen LogP contribution in [0, 0.1) is 100 Å². The molecule has 0 spiro atoms. The van der Waals surface area contributed by atoms with Crippen molar-refractivity contribution in [2.45, 2.75) is 524 Å². The molecule has 20 unspecified atom stereocenters. The fourth-order valence-electron chi connectivity index (χ4n) is 26.5. The molecule has 12 fully saturated rings. The van der Waals surface area contributed by atoms with Crippen molar-refractivity contribution in [3.63, 3.8) is 0 Å². The van der Waals surface area contributed by atoms with E-state index in [1.807, 2.05) is 0 Å². The van der Waals surface area contributed by atoms with Crippen LogP contribution in [0.3, 0.4) is 0 Å². The van der Waals surface area contributed by atoms with Gasteiger partial charge in [-0.05, 0) is 347 Å². The summed E-state index contributed by atoms with van der Waals surface area (Å²) in [7, 11) is 0. The Morgan fingerprint density at radius 1 is 0.344 bits per heavy atom. The molecule has 16 nitrogen and oxygen atoms in total. The topological polar surface area (TPSA) is 203 Å². The minimum atomic E-state index is -0.336. The molecule has 0 aromatic rings. The van der Waals surface area contributed by atoms with Gasteiger partial charge in [-0.1, -0.05) is 182 Å². The highest BCUT2D eigenvalue weighted by atomic mass is 16.7. The van der Waals surface area contributed by atoms with Crippen molar-refractivity contribution < 1.29 is 76.2 Å². The molecule has 12 aliphatic rings.